The van der Waals surface area contributed by atoms with Gasteiger partial charge in [0.15, 0.2) is 0 Å². The van der Waals surface area contributed by atoms with Crippen LogP contribution < -0.4 is 0 Å². The second kappa shape index (κ2) is 5.55. The Bertz CT molecular complexity index is 434. The highest BCUT2D eigenvalue weighted by molar-refractivity contribution is 7.99. The summed E-state index contributed by atoms with van der Waals surface area (Å²) in [5.41, 5.74) is 1.04. The molecule has 2 fully saturated rings. The van der Waals surface area contributed by atoms with Crippen LogP contribution in [0, 0.1) is 5.92 Å². The van der Waals surface area contributed by atoms with Gasteiger partial charge in [-0.3, -0.25) is 0 Å². The summed E-state index contributed by atoms with van der Waals surface area (Å²) in [5.74, 6) is 2.43. The fraction of sp³-hybridized carbons (Fsp3) is 0.882. The highest BCUT2D eigenvalue weighted by Crippen LogP contribution is 2.46. The molecule has 0 saturated carbocycles. The van der Waals surface area contributed by atoms with Crippen molar-refractivity contribution in [2.45, 2.75) is 76.5 Å². The van der Waals surface area contributed by atoms with Crippen LogP contribution in [0.3, 0.4) is 0 Å². The van der Waals surface area contributed by atoms with E-state index in [4.69, 9.17) is 9.47 Å². The monoisotopic (exact) mass is 312 g/mol. The summed E-state index contributed by atoms with van der Waals surface area (Å²) in [6, 6.07) is 0. The largest absolute Gasteiger partial charge is 0.390 e. The highest BCUT2D eigenvalue weighted by atomic mass is 32.2. The van der Waals surface area contributed by atoms with Crippen LogP contribution in [-0.4, -0.2) is 46.1 Å². The van der Waals surface area contributed by atoms with Crippen molar-refractivity contribution in [3.05, 3.63) is 11.6 Å². The first kappa shape index (κ1) is 15.9. The van der Waals surface area contributed by atoms with Crippen LogP contribution in [0.25, 0.3) is 0 Å². The van der Waals surface area contributed by atoms with Crippen molar-refractivity contribution in [1.82, 2.24) is 0 Å². The van der Waals surface area contributed by atoms with Crippen LogP contribution in [0.4, 0.5) is 0 Å². The minimum atomic E-state index is -0.347. The lowest BCUT2D eigenvalue weighted by Crippen LogP contribution is -2.40. The van der Waals surface area contributed by atoms with Gasteiger partial charge in [-0.05, 0) is 46.3 Å². The Balaban J connectivity index is 1.67. The molecule has 5 atom stereocenters. The van der Waals surface area contributed by atoms with Crippen molar-refractivity contribution < 1.29 is 14.6 Å². The molecule has 0 aromatic heterocycles. The molecule has 3 heterocycles. The molecule has 0 spiro atoms. The van der Waals surface area contributed by atoms with Crippen LogP contribution in [0.15, 0.2) is 11.6 Å². The van der Waals surface area contributed by atoms with E-state index in [1.807, 2.05) is 11.8 Å². The van der Waals surface area contributed by atoms with E-state index >= 15 is 0 Å². The summed E-state index contributed by atoms with van der Waals surface area (Å²) in [6.45, 7) is 8.55. The normalized spacial score (nSPS) is 46.0. The first-order valence-electron chi connectivity index (χ1n) is 8.09. The molecular weight excluding hydrogens is 284 g/mol. The average Bonchev–Trinajstić information content (AvgIpc) is 2.59. The molecule has 3 nitrogen and oxygen atoms in total. The van der Waals surface area contributed by atoms with Crippen LogP contribution in [0.2, 0.25) is 0 Å². The third-order valence-electron chi connectivity index (χ3n) is 5.15. The maximum atomic E-state index is 10.7. The van der Waals surface area contributed by atoms with Crippen LogP contribution >= 0.6 is 11.8 Å². The Kier molecular flexibility index (Phi) is 4.19. The van der Waals surface area contributed by atoms with Gasteiger partial charge in [-0.1, -0.05) is 11.6 Å². The molecule has 3 unspecified atom stereocenters. The van der Waals surface area contributed by atoms with Crippen molar-refractivity contribution in [3.8, 4) is 0 Å². The van der Waals surface area contributed by atoms with Crippen molar-refractivity contribution in [2.24, 2.45) is 5.92 Å². The van der Waals surface area contributed by atoms with Crippen LogP contribution in [0.5, 0.6) is 0 Å². The summed E-state index contributed by atoms with van der Waals surface area (Å²) in [7, 11) is 0. The Morgan fingerprint density at radius 1 is 1.33 bits per heavy atom. The zero-order valence-corrected chi connectivity index (χ0v) is 14.4. The van der Waals surface area contributed by atoms with E-state index in [0.717, 1.165) is 30.8 Å². The Labute approximate surface area is 132 Å². The SMILES string of the molecule is CC1=CC(C)(C)OC(CC2OC3(C)CCSC[C@@H]3[C@H]2O)C1. The number of fused-ring (bicyclic) bond motifs is 1. The Morgan fingerprint density at radius 3 is 2.76 bits per heavy atom. The molecule has 0 radical (unpaired) electrons. The topological polar surface area (TPSA) is 38.7 Å². The summed E-state index contributed by atoms with van der Waals surface area (Å²) >= 11 is 1.94. The average molecular weight is 312 g/mol. The maximum Gasteiger partial charge on any atom is 0.0870 e. The van der Waals surface area contributed by atoms with Gasteiger partial charge in [0.25, 0.3) is 0 Å². The van der Waals surface area contributed by atoms with Crippen molar-refractivity contribution >= 4 is 11.8 Å². The number of thioether (sulfide) groups is 1. The van der Waals surface area contributed by atoms with Gasteiger partial charge in [0, 0.05) is 18.1 Å². The lowest BCUT2D eigenvalue weighted by molar-refractivity contribution is -0.103. The van der Waals surface area contributed by atoms with E-state index in [1.54, 1.807) is 0 Å². The van der Waals surface area contributed by atoms with Gasteiger partial charge in [-0.2, -0.15) is 11.8 Å². The zero-order chi connectivity index (χ0) is 15.3. The fourth-order valence-electron chi connectivity index (χ4n) is 4.22. The van der Waals surface area contributed by atoms with Crippen molar-refractivity contribution in [2.75, 3.05) is 11.5 Å². The molecule has 120 valence electrons. The van der Waals surface area contributed by atoms with E-state index in [2.05, 4.69) is 33.8 Å². The minimum Gasteiger partial charge on any atom is -0.390 e. The standard InChI is InChI=1S/C17H28O3S/c1-11-7-12(19-16(2,3)9-11)8-14-15(18)13-10-21-6-5-17(13,4)20-14/h9,12-15,18H,5-8,10H2,1-4H3/t12?,13-,14?,15-,17?/m1/s1. The van der Waals surface area contributed by atoms with E-state index < -0.39 is 0 Å². The molecule has 3 aliphatic rings. The van der Waals surface area contributed by atoms with Crippen LogP contribution in [0.1, 0.15) is 47.0 Å². The maximum absolute atomic E-state index is 10.7. The molecule has 3 rings (SSSR count). The molecule has 21 heavy (non-hydrogen) atoms. The fourth-order valence-corrected chi connectivity index (χ4v) is 5.74. The third-order valence-corrected chi connectivity index (χ3v) is 6.24. The molecule has 2 saturated heterocycles. The molecule has 0 aromatic rings. The van der Waals surface area contributed by atoms with Gasteiger partial charge in [-0.15, -0.1) is 0 Å². The van der Waals surface area contributed by atoms with E-state index in [1.165, 1.54) is 5.57 Å². The number of hydrogen-bond donors (Lipinski definition) is 1. The second-order valence-corrected chi connectivity index (χ2v) is 8.81. The number of aliphatic hydroxyl groups excluding tert-OH is 1. The van der Waals surface area contributed by atoms with E-state index in [0.29, 0.717) is 0 Å². The smallest absolute Gasteiger partial charge is 0.0870 e. The number of hydrogen-bond acceptors (Lipinski definition) is 4. The number of rotatable bonds is 2. The molecule has 1 N–H and O–H groups in total. The molecule has 3 aliphatic heterocycles. The third kappa shape index (κ3) is 3.19. The molecule has 0 bridgehead atoms. The summed E-state index contributed by atoms with van der Waals surface area (Å²) < 4.78 is 12.5. The van der Waals surface area contributed by atoms with Crippen LogP contribution in [-0.2, 0) is 9.47 Å². The van der Waals surface area contributed by atoms with Gasteiger partial charge in [0.1, 0.15) is 0 Å². The lowest BCUT2D eigenvalue weighted by Gasteiger charge is -2.36. The van der Waals surface area contributed by atoms with Gasteiger partial charge < -0.3 is 14.6 Å². The molecule has 0 amide bonds. The molecule has 0 aliphatic carbocycles. The minimum absolute atomic E-state index is 0.0783. The quantitative estimate of drug-likeness (QED) is 0.795. The van der Waals surface area contributed by atoms with Gasteiger partial charge in [0.05, 0.1) is 29.5 Å². The summed E-state index contributed by atoms with van der Waals surface area (Å²) in [5, 5.41) is 10.7. The predicted octanol–water partition coefficient (Wildman–Crippen LogP) is 3.16. The lowest BCUT2D eigenvalue weighted by atomic mass is 9.84. The Morgan fingerprint density at radius 2 is 2.10 bits per heavy atom. The first-order chi connectivity index (χ1) is 9.79. The van der Waals surface area contributed by atoms with Gasteiger partial charge in [-0.25, -0.2) is 0 Å². The van der Waals surface area contributed by atoms with E-state index in [9.17, 15) is 5.11 Å². The second-order valence-electron chi connectivity index (χ2n) is 7.66. The highest BCUT2D eigenvalue weighted by Gasteiger charge is 2.53. The first-order valence-corrected chi connectivity index (χ1v) is 9.24. The van der Waals surface area contributed by atoms with Crippen molar-refractivity contribution in [3.63, 3.8) is 0 Å². The number of ether oxygens (including phenoxy) is 2. The molecule has 0 aromatic carbocycles. The van der Waals surface area contributed by atoms with Gasteiger partial charge in [0.2, 0.25) is 0 Å². The molecular formula is C17H28O3S. The summed E-state index contributed by atoms with van der Waals surface area (Å²) in [6.07, 6.45) is 4.73. The van der Waals surface area contributed by atoms with Gasteiger partial charge >= 0.3 is 0 Å². The summed E-state index contributed by atoms with van der Waals surface area (Å²) in [4.78, 5) is 0. The Hall–Kier alpha value is -0.0300. The predicted molar refractivity (Wildman–Crippen MR) is 86.7 cm³/mol. The van der Waals surface area contributed by atoms with E-state index in [-0.39, 0.29) is 35.4 Å². The zero-order valence-electron chi connectivity index (χ0n) is 13.6. The molecule has 4 heteroatoms. The van der Waals surface area contributed by atoms with Crippen molar-refractivity contribution in [1.29, 1.82) is 0 Å². The number of aliphatic hydroxyl groups is 1.